The smallest absolute Gasteiger partial charge is 0.195 e. The Morgan fingerprint density at radius 2 is 2.45 bits per heavy atom. The van der Waals surface area contributed by atoms with Crippen LogP contribution >= 0.6 is 11.3 Å². The van der Waals surface area contributed by atoms with Gasteiger partial charge in [-0.3, -0.25) is 4.40 Å². The van der Waals surface area contributed by atoms with Gasteiger partial charge in [0.2, 0.25) is 0 Å². The van der Waals surface area contributed by atoms with Crippen LogP contribution in [0.5, 0.6) is 0 Å². The van der Waals surface area contributed by atoms with Crippen LogP contribution in [0, 0.1) is 5.92 Å². The molecule has 0 amide bonds. The second-order valence-corrected chi connectivity index (χ2v) is 6.15. The molecule has 3 rings (SSSR count). The number of nitrogens with zero attached hydrogens (tertiary/aromatic N) is 3. The zero-order chi connectivity index (χ0) is 13.9. The topological polar surface area (TPSA) is 41.8 Å². The monoisotopic (exact) mass is 294 g/mol. The van der Waals surface area contributed by atoms with E-state index in [0.29, 0.717) is 5.92 Å². The molecular weight excluding hydrogens is 272 g/mol. The standard InChI is InChI=1S/C14H22N4OS/c1-3-15-8-12-13(16-14-18(12)6-7-20-14)17-5-4-11(9-17)10-19-2/h6-7,11,15H,3-5,8-10H2,1-2H3. The lowest BCUT2D eigenvalue weighted by Gasteiger charge is -2.18. The molecule has 1 aliphatic heterocycles. The number of thiazole rings is 1. The fraction of sp³-hybridized carbons (Fsp3) is 0.643. The fourth-order valence-corrected chi connectivity index (χ4v) is 3.61. The average molecular weight is 294 g/mol. The Kier molecular flexibility index (Phi) is 4.24. The Morgan fingerprint density at radius 1 is 1.55 bits per heavy atom. The summed E-state index contributed by atoms with van der Waals surface area (Å²) in [6, 6.07) is 0. The van der Waals surface area contributed by atoms with Crippen LogP contribution in [0.4, 0.5) is 5.82 Å². The van der Waals surface area contributed by atoms with Gasteiger partial charge in [0.1, 0.15) is 0 Å². The zero-order valence-corrected chi connectivity index (χ0v) is 12.9. The molecule has 0 radical (unpaired) electrons. The number of methoxy groups -OCH3 is 1. The fourth-order valence-electron chi connectivity index (χ4n) is 2.88. The van der Waals surface area contributed by atoms with Gasteiger partial charge >= 0.3 is 0 Å². The lowest BCUT2D eigenvalue weighted by atomic mass is 10.1. The molecule has 0 bridgehead atoms. The third kappa shape index (κ3) is 2.55. The van der Waals surface area contributed by atoms with Gasteiger partial charge in [-0.05, 0) is 13.0 Å². The van der Waals surface area contributed by atoms with Crippen molar-refractivity contribution < 1.29 is 4.74 Å². The Labute approximate surface area is 123 Å². The summed E-state index contributed by atoms with van der Waals surface area (Å²) in [5, 5.41) is 5.52. The number of aromatic nitrogens is 2. The summed E-state index contributed by atoms with van der Waals surface area (Å²) in [5.74, 6) is 1.78. The molecule has 1 N–H and O–H groups in total. The number of hydrogen-bond acceptors (Lipinski definition) is 5. The van der Waals surface area contributed by atoms with Crippen molar-refractivity contribution in [2.75, 3.05) is 38.3 Å². The van der Waals surface area contributed by atoms with Gasteiger partial charge in [-0.2, -0.15) is 0 Å². The lowest BCUT2D eigenvalue weighted by Crippen LogP contribution is -2.24. The number of fused-ring (bicyclic) bond motifs is 1. The Bertz CT molecular complexity index is 565. The van der Waals surface area contributed by atoms with Crippen molar-refractivity contribution in [2.24, 2.45) is 5.92 Å². The van der Waals surface area contributed by atoms with Crippen LogP contribution in [0.3, 0.4) is 0 Å². The van der Waals surface area contributed by atoms with E-state index in [9.17, 15) is 0 Å². The van der Waals surface area contributed by atoms with Crippen molar-refractivity contribution in [2.45, 2.75) is 19.9 Å². The van der Waals surface area contributed by atoms with E-state index in [-0.39, 0.29) is 0 Å². The zero-order valence-electron chi connectivity index (χ0n) is 12.1. The molecule has 0 aliphatic carbocycles. The number of hydrogen-bond donors (Lipinski definition) is 1. The normalized spacial score (nSPS) is 19.3. The molecule has 6 heteroatoms. The van der Waals surface area contributed by atoms with E-state index in [4.69, 9.17) is 9.72 Å². The molecule has 1 unspecified atom stereocenters. The second-order valence-electron chi connectivity index (χ2n) is 5.27. The van der Waals surface area contributed by atoms with Crippen molar-refractivity contribution in [3.05, 3.63) is 17.3 Å². The van der Waals surface area contributed by atoms with E-state index in [1.807, 2.05) is 0 Å². The third-order valence-corrected chi connectivity index (χ3v) is 4.63. The highest BCUT2D eigenvalue weighted by atomic mass is 32.1. The van der Waals surface area contributed by atoms with Gasteiger partial charge in [-0.1, -0.05) is 6.92 Å². The maximum Gasteiger partial charge on any atom is 0.195 e. The third-order valence-electron chi connectivity index (χ3n) is 3.87. The highest BCUT2D eigenvalue weighted by Crippen LogP contribution is 2.29. The van der Waals surface area contributed by atoms with Crippen LogP contribution in [0.2, 0.25) is 0 Å². The molecule has 3 heterocycles. The van der Waals surface area contributed by atoms with Crippen molar-refractivity contribution in [3.8, 4) is 0 Å². The first kappa shape index (κ1) is 13.9. The molecule has 20 heavy (non-hydrogen) atoms. The SMILES string of the molecule is CCNCc1c(N2CCC(COC)C2)nc2sccn12. The number of nitrogens with one attached hydrogen (secondary N) is 1. The Balaban J connectivity index is 1.84. The van der Waals surface area contributed by atoms with Crippen molar-refractivity contribution >= 4 is 22.1 Å². The van der Waals surface area contributed by atoms with Gasteiger partial charge in [0, 0.05) is 44.2 Å². The lowest BCUT2D eigenvalue weighted by molar-refractivity contribution is 0.161. The summed E-state index contributed by atoms with van der Waals surface area (Å²) in [5.41, 5.74) is 1.28. The summed E-state index contributed by atoms with van der Waals surface area (Å²) >= 11 is 1.70. The summed E-state index contributed by atoms with van der Waals surface area (Å²) in [6.45, 7) is 6.96. The molecule has 1 fully saturated rings. The van der Waals surface area contributed by atoms with Crippen LogP contribution in [0.15, 0.2) is 11.6 Å². The first-order valence-corrected chi connectivity index (χ1v) is 8.10. The maximum absolute atomic E-state index is 5.29. The van der Waals surface area contributed by atoms with Gasteiger partial charge in [0.05, 0.1) is 12.3 Å². The molecule has 1 saturated heterocycles. The van der Waals surface area contributed by atoms with Crippen LogP contribution in [-0.4, -0.2) is 42.7 Å². The molecular formula is C14H22N4OS. The van der Waals surface area contributed by atoms with Crippen LogP contribution in [0.1, 0.15) is 19.0 Å². The van der Waals surface area contributed by atoms with Crippen LogP contribution in [0.25, 0.3) is 4.96 Å². The van der Waals surface area contributed by atoms with Crippen molar-refractivity contribution in [1.29, 1.82) is 0 Å². The van der Waals surface area contributed by atoms with Gasteiger partial charge in [0.25, 0.3) is 0 Å². The highest BCUT2D eigenvalue weighted by molar-refractivity contribution is 7.15. The quantitative estimate of drug-likeness (QED) is 0.884. The van der Waals surface area contributed by atoms with Crippen LogP contribution in [-0.2, 0) is 11.3 Å². The summed E-state index contributed by atoms with van der Waals surface area (Å²) in [4.78, 5) is 8.33. The Morgan fingerprint density at radius 3 is 3.25 bits per heavy atom. The van der Waals surface area contributed by atoms with Crippen molar-refractivity contribution in [1.82, 2.24) is 14.7 Å². The summed E-state index contributed by atoms with van der Waals surface area (Å²) < 4.78 is 7.50. The van der Waals surface area contributed by atoms with Gasteiger partial charge in [-0.15, -0.1) is 11.3 Å². The van der Waals surface area contributed by atoms with Gasteiger partial charge in [-0.25, -0.2) is 4.98 Å². The van der Waals surface area contributed by atoms with E-state index in [1.54, 1.807) is 18.4 Å². The van der Waals surface area contributed by atoms with E-state index < -0.39 is 0 Å². The summed E-state index contributed by atoms with van der Waals surface area (Å²) in [7, 11) is 1.78. The van der Waals surface area contributed by atoms with Crippen molar-refractivity contribution in [3.63, 3.8) is 0 Å². The molecule has 0 spiro atoms. The largest absolute Gasteiger partial charge is 0.384 e. The number of rotatable bonds is 6. The minimum Gasteiger partial charge on any atom is -0.384 e. The van der Waals surface area contributed by atoms with E-state index in [2.05, 4.69) is 33.1 Å². The first-order valence-electron chi connectivity index (χ1n) is 7.22. The number of anilines is 1. The number of ether oxygens (including phenoxy) is 1. The Hall–Kier alpha value is -1.11. The molecule has 1 atom stereocenters. The molecule has 5 nitrogen and oxygen atoms in total. The van der Waals surface area contributed by atoms with E-state index in [1.165, 1.54) is 12.1 Å². The molecule has 1 aliphatic rings. The summed E-state index contributed by atoms with van der Waals surface area (Å²) in [6.07, 6.45) is 3.31. The molecule has 2 aromatic heterocycles. The second kappa shape index (κ2) is 6.11. The minimum absolute atomic E-state index is 0.631. The molecule has 0 saturated carbocycles. The molecule has 2 aromatic rings. The first-order chi connectivity index (χ1) is 9.83. The predicted molar refractivity (Wildman–Crippen MR) is 82.6 cm³/mol. The average Bonchev–Trinajstić information content (AvgIpc) is 3.11. The van der Waals surface area contributed by atoms with E-state index in [0.717, 1.165) is 43.6 Å². The highest BCUT2D eigenvalue weighted by Gasteiger charge is 2.27. The maximum atomic E-state index is 5.29. The molecule has 0 aromatic carbocycles. The van der Waals surface area contributed by atoms with Gasteiger partial charge < -0.3 is 15.0 Å². The van der Waals surface area contributed by atoms with Crippen LogP contribution < -0.4 is 10.2 Å². The predicted octanol–water partition coefficient (Wildman–Crippen LogP) is 1.98. The van der Waals surface area contributed by atoms with E-state index >= 15 is 0 Å². The molecule has 110 valence electrons. The number of imidazole rings is 1. The minimum atomic E-state index is 0.631. The van der Waals surface area contributed by atoms with Gasteiger partial charge in [0.15, 0.2) is 10.8 Å².